The van der Waals surface area contributed by atoms with Gasteiger partial charge in [-0.1, -0.05) is 5.16 Å². The number of ether oxygens (including phenoxy) is 1. The van der Waals surface area contributed by atoms with E-state index in [1.807, 2.05) is 4.90 Å². The molecule has 28 heavy (non-hydrogen) atoms. The molecule has 9 heteroatoms. The molecule has 1 fully saturated rings. The first-order valence-corrected chi connectivity index (χ1v) is 9.05. The zero-order chi connectivity index (χ0) is 19.7. The van der Waals surface area contributed by atoms with Crippen LogP contribution >= 0.6 is 0 Å². The van der Waals surface area contributed by atoms with Gasteiger partial charge in [0.1, 0.15) is 34.9 Å². The minimum Gasteiger partial charge on any atom is -0.466 e. The fourth-order valence-corrected chi connectivity index (χ4v) is 3.52. The summed E-state index contributed by atoms with van der Waals surface area (Å²) < 4.78 is 37.8. The Hall–Kier alpha value is -3.10. The number of hydrogen-bond donors (Lipinski definition) is 0. The molecule has 1 aliphatic heterocycles. The van der Waals surface area contributed by atoms with Crippen LogP contribution in [0, 0.1) is 17.6 Å². The van der Waals surface area contributed by atoms with E-state index in [-0.39, 0.29) is 28.9 Å². The Morgan fingerprint density at radius 1 is 1.29 bits per heavy atom. The van der Waals surface area contributed by atoms with Gasteiger partial charge in [-0.3, -0.25) is 4.79 Å². The van der Waals surface area contributed by atoms with Crippen molar-refractivity contribution >= 4 is 22.9 Å². The predicted octanol–water partition coefficient (Wildman–Crippen LogP) is 3.34. The second-order valence-electron chi connectivity index (χ2n) is 6.60. The summed E-state index contributed by atoms with van der Waals surface area (Å²) in [7, 11) is 0. The molecule has 2 aromatic heterocycles. The Labute approximate surface area is 159 Å². The molecule has 1 aromatic carbocycles. The summed E-state index contributed by atoms with van der Waals surface area (Å²) in [6.45, 7) is 3.19. The summed E-state index contributed by atoms with van der Waals surface area (Å²) in [5.41, 5.74) is 0.691. The fraction of sp³-hybridized carbons (Fsp3) is 0.368. The highest BCUT2D eigenvalue weighted by atomic mass is 19.1. The molecule has 0 spiro atoms. The van der Waals surface area contributed by atoms with Crippen LogP contribution in [-0.2, 0) is 9.53 Å². The van der Waals surface area contributed by atoms with Gasteiger partial charge in [0.25, 0.3) is 5.71 Å². The lowest BCUT2D eigenvalue weighted by molar-refractivity contribution is -0.148. The molecule has 0 N–H and O–H groups in total. The smallest absolute Gasteiger partial charge is 0.310 e. The second-order valence-corrected chi connectivity index (χ2v) is 6.60. The van der Waals surface area contributed by atoms with Crippen LogP contribution in [0.15, 0.2) is 29.0 Å². The zero-order valence-corrected chi connectivity index (χ0v) is 15.2. The van der Waals surface area contributed by atoms with Crippen LogP contribution < -0.4 is 4.90 Å². The van der Waals surface area contributed by atoms with Crippen LogP contribution in [0.1, 0.15) is 19.8 Å². The summed E-state index contributed by atoms with van der Waals surface area (Å²) in [5.74, 6) is -1.43. The lowest BCUT2D eigenvalue weighted by Gasteiger charge is -2.32. The molecule has 1 atom stereocenters. The lowest BCUT2D eigenvalue weighted by atomic mass is 9.98. The average molecular weight is 388 g/mol. The van der Waals surface area contributed by atoms with Gasteiger partial charge in [0.15, 0.2) is 0 Å². The molecule has 3 aromatic rings. The summed E-state index contributed by atoms with van der Waals surface area (Å²) in [4.78, 5) is 22.5. The lowest BCUT2D eigenvalue weighted by Crippen LogP contribution is -2.40. The van der Waals surface area contributed by atoms with Crippen LogP contribution in [0.3, 0.4) is 0 Å². The summed E-state index contributed by atoms with van der Waals surface area (Å²) in [5, 5.41) is 4.41. The van der Waals surface area contributed by atoms with Gasteiger partial charge >= 0.3 is 5.97 Å². The van der Waals surface area contributed by atoms with E-state index in [1.54, 1.807) is 6.92 Å². The quantitative estimate of drug-likeness (QED) is 0.634. The van der Waals surface area contributed by atoms with E-state index in [0.717, 1.165) is 18.9 Å². The van der Waals surface area contributed by atoms with Gasteiger partial charge in [-0.15, -0.1) is 0 Å². The molecule has 0 amide bonds. The third-order valence-corrected chi connectivity index (χ3v) is 4.73. The average Bonchev–Trinajstić information content (AvgIpc) is 3.12. The van der Waals surface area contributed by atoms with Crippen molar-refractivity contribution < 1.29 is 22.8 Å². The number of fused-ring (bicyclic) bond motifs is 1. The number of carbonyl (C=O) groups excluding carboxylic acids is 1. The van der Waals surface area contributed by atoms with Crippen LogP contribution in [-0.4, -0.2) is 40.8 Å². The highest BCUT2D eigenvalue weighted by Gasteiger charge is 2.30. The third kappa shape index (κ3) is 3.39. The first-order chi connectivity index (χ1) is 13.6. The van der Waals surface area contributed by atoms with E-state index < -0.39 is 11.6 Å². The molecular weight excluding hydrogens is 370 g/mol. The van der Waals surface area contributed by atoms with Gasteiger partial charge in [0.2, 0.25) is 0 Å². The van der Waals surface area contributed by atoms with E-state index in [9.17, 15) is 13.6 Å². The van der Waals surface area contributed by atoms with Crippen molar-refractivity contribution in [1.29, 1.82) is 0 Å². The summed E-state index contributed by atoms with van der Waals surface area (Å²) in [6.07, 6.45) is 2.85. The Balaban J connectivity index is 1.75. The number of piperidine rings is 1. The van der Waals surface area contributed by atoms with Crippen LogP contribution in [0.2, 0.25) is 0 Å². The van der Waals surface area contributed by atoms with E-state index in [1.165, 1.54) is 18.5 Å². The Morgan fingerprint density at radius 3 is 2.82 bits per heavy atom. The van der Waals surface area contributed by atoms with Crippen LogP contribution in [0.25, 0.3) is 22.4 Å². The number of esters is 1. The third-order valence-electron chi connectivity index (χ3n) is 4.73. The molecule has 3 heterocycles. The maximum Gasteiger partial charge on any atom is 0.310 e. The van der Waals surface area contributed by atoms with Gasteiger partial charge in [-0.05, 0) is 31.9 Å². The van der Waals surface area contributed by atoms with E-state index in [4.69, 9.17) is 9.26 Å². The molecule has 4 rings (SSSR count). The molecule has 0 bridgehead atoms. The minimum absolute atomic E-state index is 0.211. The van der Waals surface area contributed by atoms with Crippen molar-refractivity contribution in [2.45, 2.75) is 19.8 Å². The Bertz CT molecular complexity index is 1000. The van der Waals surface area contributed by atoms with E-state index in [0.29, 0.717) is 30.9 Å². The Morgan fingerprint density at radius 2 is 2.07 bits per heavy atom. The van der Waals surface area contributed by atoms with Crippen LogP contribution in [0.4, 0.5) is 14.6 Å². The molecule has 7 nitrogen and oxygen atoms in total. The van der Waals surface area contributed by atoms with Gasteiger partial charge in [-0.25, -0.2) is 13.8 Å². The largest absolute Gasteiger partial charge is 0.466 e. The number of aromatic nitrogens is 3. The number of halogens is 2. The van der Waals surface area contributed by atoms with Crippen molar-refractivity contribution in [3.05, 3.63) is 36.2 Å². The topological polar surface area (TPSA) is 81.4 Å². The van der Waals surface area contributed by atoms with Crippen molar-refractivity contribution in [2.24, 2.45) is 5.92 Å². The van der Waals surface area contributed by atoms with Gasteiger partial charge < -0.3 is 14.2 Å². The highest BCUT2D eigenvalue weighted by molar-refractivity contribution is 5.98. The number of hydrogen-bond acceptors (Lipinski definition) is 7. The molecule has 0 unspecified atom stereocenters. The normalized spacial score (nSPS) is 17.1. The molecular formula is C19H18F2N4O3. The number of nitrogens with zero attached hydrogens (tertiary/aromatic N) is 4. The molecule has 146 valence electrons. The molecule has 1 saturated heterocycles. The number of carbonyl (C=O) groups is 1. The maximum atomic E-state index is 13.7. The number of rotatable bonds is 4. The standard InChI is InChI=1S/C19H18F2N4O3/c1-2-27-19(26)11-4-3-5-25(9-11)17-15-16(24-28-18(15)23-10-22-17)12-6-13(20)8-14(21)7-12/h6-8,10-11H,2-5,9H2,1H3/t11-/m0/s1. The zero-order valence-electron chi connectivity index (χ0n) is 15.2. The van der Waals surface area contributed by atoms with E-state index in [2.05, 4.69) is 15.1 Å². The van der Waals surface area contributed by atoms with E-state index >= 15 is 0 Å². The SMILES string of the molecule is CCOC(=O)[C@H]1CCCN(c2ncnc3onc(-c4cc(F)cc(F)c4)c23)C1. The van der Waals surface area contributed by atoms with Crippen molar-refractivity contribution in [1.82, 2.24) is 15.1 Å². The highest BCUT2D eigenvalue weighted by Crippen LogP contribution is 2.35. The van der Waals surface area contributed by atoms with Gasteiger partial charge in [0, 0.05) is 24.7 Å². The van der Waals surface area contributed by atoms with Crippen molar-refractivity contribution in [3.63, 3.8) is 0 Å². The van der Waals surface area contributed by atoms with Crippen molar-refractivity contribution in [2.75, 3.05) is 24.6 Å². The molecule has 1 aliphatic rings. The monoisotopic (exact) mass is 388 g/mol. The Kier molecular flexibility index (Phi) is 4.89. The first-order valence-electron chi connectivity index (χ1n) is 9.05. The molecule has 0 aliphatic carbocycles. The van der Waals surface area contributed by atoms with Gasteiger partial charge in [0.05, 0.1) is 12.5 Å². The van der Waals surface area contributed by atoms with Crippen molar-refractivity contribution in [3.8, 4) is 11.3 Å². The predicted molar refractivity (Wildman–Crippen MR) is 96.5 cm³/mol. The molecule has 0 saturated carbocycles. The van der Waals surface area contributed by atoms with Crippen LogP contribution in [0.5, 0.6) is 0 Å². The number of benzene rings is 1. The second kappa shape index (κ2) is 7.49. The fourth-order valence-electron chi connectivity index (χ4n) is 3.52. The summed E-state index contributed by atoms with van der Waals surface area (Å²) in [6, 6.07) is 3.14. The summed E-state index contributed by atoms with van der Waals surface area (Å²) >= 11 is 0. The minimum atomic E-state index is -0.718. The first kappa shape index (κ1) is 18.3. The molecule has 0 radical (unpaired) electrons. The maximum absolute atomic E-state index is 13.7. The number of anilines is 1. The van der Waals surface area contributed by atoms with Gasteiger partial charge in [-0.2, -0.15) is 4.98 Å².